The third-order valence-corrected chi connectivity index (χ3v) is 4.09. The van der Waals surface area contributed by atoms with Crippen molar-refractivity contribution in [3.63, 3.8) is 0 Å². The number of rotatable bonds is 5. The highest BCUT2D eigenvalue weighted by Crippen LogP contribution is 2.22. The molecule has 0 aliphatic rings. The van der Waals surface area contributed by atoms with Crippen LogP contribution in [0.3, 0.4) is 0 Å². The lowest BCUT2D eigenvalue weighted by atomic mass is 9.95. The van der Waals surface area contributed by atoms with Crippen molar-refractivity contribution in [1.29, 1.82) is 0 Å². The monoisotopic (exact) mass is 403 g/mol. The van der Waals surface area contributed by atoms with E-state index in [4.69, 9.17) is 0 Å². The number of nitrogens with one attached hydrogen (secondary N) is 3. The summed E-state index contributed by atoms with van der Waals surface area (Å²) in [4.78, 5) is 24.1. The number of para-hydroxylation sites is 1. The fraction of sp³-hybridized carbons (Fsp3) is 0.263. The van der Waals surface area contributed by atoms with E-state index in [2.05, 4.69) is 31.9 Å². The van der Waals surface area contributed by atoms with Crippen LogP contribution < -0.4 is 16.0 Å². The van der Waals surface area contributed by atoms with Gasteiger partial charge in [0.15, 0.2) is 0 Å². The summed E-state index contributed by atoms with van der Waals surface area (Å²) in [7, 11) is 0. The molecule has 0 radical (unpaired) electrons. The van der Waals surface area contributed by atoms with Crippen LogP contribution >= 0.6 is 15.9 Å². The number of hydrogen-bond donors (Lipinski definition) is 3. The lowest BCUT2D eigenvalue weighted by molar-refractivity contribution is -0.123. The highest BCUT2D eigenvalue weighted by molar-refractivity contribution is 9.10. The maximum Gasteiger partial charge on any atom is 0.243 e. The zero-order chi connectivity index (χ0) is 18.4. The Bertz CT molecular complexity index is 769. The number of amides is 2. The Morgan fingerprint density at radius 2 is 1.64 bits per heavy atom. The minimum atomic E-state index is -0.466. The second kappa shape index (κ2) is 8.16. The quantitative estimate of drug-likeness (QED) is 0.688. The smallest absolute Gasteiger partial charge is 0.243 e. The van der Waals surface area contributed by atoms with Crippen LogP contribution in [0.25, 0.3) is 0 Å². The van der Waals surface area contributed by atoms with Crippen LogP contribution in [0.2, 0.25) is 0 Å². The Hall–Kier alpha value is -2.34. The van der Waals surface area contributed by atoms with Crippen LogP contribution in [0, 0.1) is 5.41 Å². The minimum Gasteiger partial charge on any atom is -0.376 e. The first-order chi connectivity index (χ1) is 11.8. The van der Waals surface area contributed by atoms with E-state index < -0.39 is 5.41 Å². The molecule has 0 saturated carbocycles. The van der Waals surface area contributed by atoms with Gasteiger partial charge in [-0.25, -0.2) is 0 Å². The number of benzene rings is 2. The lowest BCUT2D eigenvalue weighted by Crippen LogP contribution is -2.27. The Morgan fingerprint density at radius 3 is 2.32 bits per heavy atom. The molecular weight excluding hydrogens is 382 g/mol. The number of anilines is 3. The van der Waals surface area contributed by atoms with Gasteiger partial charge >= 0.3 is 0 Å². The van der Waals surface area contributed by atoms with E-state index in [1.165, 1.54) is 0 Å². The van der Waals surface area contributed by atoms with Crippen molar-refractivity contribution >= 4 is 44.8 Å². The molecule has 2 aromatic rings. The normalized spacial score (nSPS) is 10.9. The molecule has 132 valence electrons. The van der Waals surface area contributed by atoms with E-state index >= 15 is 0 Å². The van der Waals surface area contributed by atoms with E-state index in [0.717, 1.165) is 15.8 Å². The molecule has 0 unspecified atom stereocenters. The summed E-state index contributed by atoms with van der Waals surface area (Å²) in [5.41, 5.74) is 1.71. The molecule has 0 heterocycles. The summed E-state index contributed by atoms with van der Waals surface area (Å²) >= 11 is 3.39. The zero-order valence-corrected chi connectivity index (χ0v) is 16.1. The van der Waals surface area contributed by atoms with Crippen molar-refractivity contribution in [2.45, 2.75) is 20.8 Å². The zero-order valence-electron chi connectivity index (χ0n) is 14.5. The SMILES string of the molecule is CC(C)(C)C(=O)Nc1cccc(NCC(=O)Nc2ccccc2Br)c1. The predicted octanol–water partition coefficient (Wildman–Crippen LogP) is 4.48. The second-order valence-corrected chi connectivity index (χ2v) is 7.52. The number of hydrogen-bond acceptors (Lipinski definition) is 3. The van der Waals surface area contributed by atoms with Gasteiger partial charge in [-0.05, 0) is 46.3 Å². The van der Waals surface area contributed by atoms with Gasteiger partial charge in [0.2, 0.25) is 11.8 Å². The number of halogens is 1. The second-order valence-electron chi connectivity index (χ2n) is 6.67. The van der Waals surface area contributed by atoms with Crippen LogP contribution in [0.4, 0.5) is 17.1 Å². The van der Waals surface area contributed by atoms with Gasteiger partial charge in [0.1, 0.15) is 0 Å². The van der Waals surface area contributed by atoms with Crippen molar-refractivity contribution in [3.05, 3.63) is 53.0 Å². The summed E-state index contributed by atoms with van der Waals surface area (Å²) in [5.74, 6) is -0.215. The van der Waals surface area contributed by atoms with Crippen LogP contribution in [-0.2, 0) is 9.59 Å². The average molecular weight is 404 g/mol. The largest absolute Gasteiger partial charge is 0.376 e. The Morgan fingerprint density at radius 1 is 0.960 bits per heavy atom. The molecule has 0 aliphatic carbocycles. The summed E-state index contributed by atoms with van der Waals surface area (Å²) in [6.45, 7) is 5.70. The third kappa shape index (κ3) is 5.90. The molecule has 6 heteroatoms. The molecule has 0 bridgehead atoms. The first kappa shape index (κ1) is 19.0. The highest BCUT2D eigenvalue weighted by atomic mass is 79.9. The molecule has 2 aromatic carbocycles. The molecule has 0 saturated heterocycles. The third-order valence-electron chi connectivity index (χ3n) is 3.40. The molecule has 0 spiro atoms. The molecule has 0 aromatic heterocycles. The summed E-state index contributed by atoms with van der Waals surface area (Å²) in [5, 5.41) is 8.76. The molecule has 5 nitrogen and oxygen atoms in total. The van der Waals surface area contributed by atoms with E-state index in [1.807, 2.05) is 63.2 Å². The molecule has 25 heavy (non-hydrogen) atoms. The Kier molecular flexibility index (Phi) is 6.20. The average Bonchev–Trinajstić information content (AvgIpc) is 2.55. The van der Waals surface area contributed by atoms with Crippen molar-refractivity contribution < 1.29 is 9.59 Å². The van der Waals surface area contributed by atoms with E-state index in [9.17, 15) is 9.59 Å². The van der Waals surface area contributed by atoms with Gasteiger partial charge in [-0.1, -0.05) is 39.0 Å². The maximum atomic E-state index is 12.1. The molecule has 0 aliphatic heterocycles. The van der Waals surface area contributed by atoms with Crippen LogP contribution in [0.5, 0.6) is 0 Å². The van der Waals surface area contributed by atoms with E-state index in [-0.39, 0.29) is 18.4 Å². The summed E-state index contributed by atoms with van der Waals surface area (Å²) < 4.78 is 0.829. The lowest BCUT2D eigenvalue weighted by Gasteiger charge is -2.18. The van der Waals surface area contributed by atoms with Crippen molar-refractivity contribution in [1.82, 2.24) is 0 Å². The number of carbonyl (C=O) groups excluding carboxylic acids is 2. The molecule has 3 N–H and O–H groups in total. The van der Waals surface area contributed by atoms with Gasteiger partial charge < -0.3 is 16.0 Å². The fourth-order valence-electron chi connectivity index (χ4n) is 1.96. The molecule has 2 amide bonds. The topological polar surface area (TPSA) is 70.2 Å². The van der Waals surface area contributed by atoms with Gasteiger partial charge in [-0.2, -0.15) is 0 Å². The Balaban J connectivity index is 1.93. The minimum absolute atomic E-state index is 0.0590. The van der Waals surface area contributed by atoms with Gasteiger partial charge in [0.05, 0.1) is 12.2 Å². The van der Waals surface area contributed by atoms with Crippen LogP contribution in [0.15, 0.2) is 53.0 Å². The first-order valence-electron chi connectivity index (χ1n) is 7.95. The molecule has 2 rings (SSSR count). The van der Waals surface area contributed by atoms with E-state index in [1.54, 1.807) is 6.07 Å². The van der Waals surface area contributed by atoms with E-state index in [0.29, 0.717) is 5.69 Å². The Labute approximate surface area is 156 Å². The van der Waals surface area contributed by atoms with Gasteiger partial charge in [-0.15, -0.1) is 0 Å². The van der Waals surface area contributed by atoms with Crippen molar-refractivity contribution in [2.75, 3.05) is 22.5 Å². The molecule has 0 atom stereocenters. The fourth-order valence-corrected chi connectivity index (χ4v) is 2.35. The first-order valence-corrected chi connectivity index (χ1v) is 8.75. The predicted molar refractivity (Wildman–Crippen MR) is 106 cm³/mol. The standard InChI is InChI=1S/C19H22BrN3O2/c1-19(2,3)18(25)22-14-8-6-7-13(11-14)21-12-17(24)23-16-10-5-4-9-15(16)20/h4-11,21H,12H2,1-3H3,(H,22,25)(H,23,24). The van der Waals surface area contributed by atoms with Gasteiger partial charge in [-0.3, -0.25) is 9.59 Å². The molecule has 0 fully saturated rings. The molecular formula is C19H22BrN3O2. The highest BCUT2D eigenvalue weighted by Gasteiger charge is 2.21. The number of carbonyl (C=O) groups is 2. The van der Waals surface area contributed by atoms with Gasteiger partial charge in [0.25, 0.3) is 0 Å². The maximum absolute atomic E-state index is 12.1. The summed E-state index contributed by atoms with van der Waals surface area (Å²) in [6.07, 6.45) is 0. The van der Waals surface area contributed by atoms with Gasteiger partial charge in [0, 0.05) is 21.3 Å². The van der Waals surface area contributed by atoms with Crippen molar-refractivity contribution in [3.8, 4) is 0 Å². The van der Waals surface area contributed by atoms with Crippen LogP contribution in [0.1, 0.15) is 20.8 Å². The van der Waals surface area contributed by atoms with Crippen molar-refractivity contribution in [2.24, 2.45) is 5.41 Å². The van der Waals surface area contributed by atoms with Crippen LogP contribution in [-0.4, -0.2) is 18.4 Å². The summed E-state index contributed by atoms with van der Waals surface area (Å²) in [6, 6.07) is 14.7.